The number of esters is 1. The van der Waals surface area contributed by atoms with Crippen LogP contribution in [0.25, 0.3) is 11.0 Å². The van der Waals surface area contributed by atoms with Gasteiger partial charge >= 0.3 is 5.97 Å². The summed E-state index contributed by atoms with van der Waals surface area (Å²) in [5.41, 5.74) is 1.86. The fourth-order valence-corrected chi connectivity index (χ4v) is 2.00. The van der Waals surface area contributed by atoms with Crippen LogP contribution in [-0.2, 0) is 6.54 Å². The average Bonchev–Trinajstić information content (AvgIpc) is 2.91. The Morgan fingerprint density at radius 1 is 1.24 bits per heavy atom. The summed E-state index contributed by atoms with van der Waals surface area (Å²) in [6.07, 6.45) is 0. The lowest BCUT2D eigenvalue weighted by atomic mass is 10.2. The summed E-state index contributed by atoms with van der Waals surface area (Å²) in [7, 11) is 0. The summed E-state index contributed by atoms with van der Waals surface area (Å²) in [6, 6.07) is 10.3. The van der Waals surface area contributed by atoms with Crippen molar-refractivity contribution in [3.05, 3.63) is 53.8 Å². The molecule has 0 spiro atoms. The van der Waals surface area contributed by atoms with Gasteiger partial charge in [0.15, 0.2) is 0 Å². The number of hydrogen-bond donors (Lipinski definition) is 0. The van der Waals surface area contributed by atoms with E-state index in [1.807, 2.05) is 6.92 Å². The molecule has 1 aromatic heterocycles. The first-order valence-electron chi connectivity index (χ1n) is 6.48. The summed E-state index contributed by atoms with van der Waals surface area (Å²) in [6.45, 7) is 2.67. The SMILES string of the molecule is CCn1nnc2cc(C(=O)Oc3ccc(F)cc3)ccc21. The summed E-state index contributed by atoms with van der Waals surface area (Å²) >= 11 is 0. The van der Waals surface area contributed by atoms with Crippen LogP contribution in [0, 0.1) is 5.82 Å². The zero-order chi connectivity index (χ0) is 14.8. The van der Waals surface area contributed by atoms with Gasteiger partial charge in [0.25, 0.3) is 0 Å². The van der Waals surface area contributed by atoms with Crippen molar-refractivity contribution in [3.63, 3.8) is 0 Å². The summed E-state index contributed by atoms with van der Waals surface area (Å²) in [4.78, 5) is 12.0. The number of ether oxygens (including phenoxy) is 1. The van der Waals surface area contributed by atoms with Crippen LogP contribution in [0.15, 0.2) is 42.5 Å². The van der Waals surface area contributed by atoms with Crippen molar-refractivity contribution >= 4 is 17.0 Å². The van der Waals surface area contributed by atoms with Crippen LogP contribution in [0.2, 0.25) is 0 Å². The van der Waals surface area contributed by atoms with Crippen LogP contribution < -0.4 is 4.74 Å². The molecule has 3 rings (SSSR count). The number of halogens is 1. The predicted molar refractivity (Wildman–Crippen MR) is 74.6 cm³/mol. The fraction of sp³-hybridized carbons (Fsp3) is 0.133. The molecule has 0 unspecified atom stereocenters. The topological polar surface area (TPSA) is 57.0 Å². The molecule has 21 heavy (non-hydrogen) atoms. The quantitative estimate of drug-likeness (QED) is 0.548. The van der Waals surface area contributed by atoms with Crippen molar-refractivity contribution in [3.8, 4) is 5.75 Å². The van der Waals surface area contributed by atoms with Gasteiger partial charge in [0.2, 0.25) is 0 Å². The van der Waals surface area contributed by atoms with Gasteiger partial charge in [0, 0.05) is 6.54 Å². The van der Waals surface area contributed by atoms with Crippen LogP contribution in [0.3, 0.4) is 0 Å². The van der Waals surface area contributed by atoms with Gasteiger partial charge in [0.1, 0.15) is 17.1 Å². The van der Waals surface area contributed by atoms with Gasteiger partial charge in [-0.05, 0) is 49.4 Å². The van der Waals surface area contributed by atoms with Crippen molar-refractivity contribution < 1.29 is 13.9 Å². The molecule has 0 amide bonds. The molecule has 0 N–H and O–H groups in total. The van der Waals surface area contributed by atoms with Gasteiger partial charge in [-0.3, -0.25) is 0 Å². The van der Waals surface area contributed by atoms with Crippen molar-refractivity contribution in [2.45, 2.75) is 13.5 Å². The second kappa shape index (κ2) is 5.32. The summed E-state index contributed by atoms with van der Waals surface area (Å²) in [5, 5.41) is 7.99. The molecule has 6 heteroatoms. The number of aromatic nitrogens is 3. The lowest BCUT2D eigenvalue weighted by Gasteiger charge is -2.04. The molecule has 0 radical (unpaired) electrons. The van der Waals surface area contributed by atoms with Gasteiger partial charge in [-0.25, -0.2) is 13.9 Å². The Morgan fingerprint density at radius 3 is 2.71 bits per heavy atom. The van der Waals surface area contributed by atoms with E-state index in [0.717, 1.165) is 5.52 Å². The van der Waals surface area contributed by atoms with E-state index in [9.17, 15) is 9.18 Å². The van der Waals surface area contributed by atoms with Gasteiger partial charge in [0.05, 0.1) is 11.1 Å². The number of benzene rings is 2. The molecule has 0 aliphatic carbocycles. The Kier molecular flexibility index (Phi) is 3.35. The monoisotopic (exact) mass is 285 g/mol. The number of hydrogen-bond acceptors (Lipinski definition) is 4. The lowest BCUT2D eigenvalue weighted by Crippen LogP contribution is -2.08. The molecule has 0 aliphatic rings. The number of fused-ring (bicyclic) bond motifs is 1. The van der Waals surface area contributed by atoms with E-state index < -0.39 is 5.97 Å². The highest BCUT2D eigenvalue weighted by Crippen LogP contribution is 2.17. The Labute approximate surface area is 120 Å². The predicted octanol–water partition coefficient (Wildman–Crippen LogP) is 2.81. The van der Waals surface area contributed by atoms with E-state index in [2.05, 4.69) is 10.3 Å². The first kappa shape index (κ1) is 13.2. The molecular weight excluding hydrogens is 273 g/mol. The minimum atomic E-state index is -0.519. The van der Waals surface area contributed by atoms with Crippen LogP contribution >= 0.6 is 0 Å². The number of nitrogens with zero attached hydrogens (tertiary/aromatic N) is 3. The smallest absolute Gasteiger partial charge is 0.343 e. The van der Waals surface area contributed by atoms with E-state index in [-0.39, 0.29) is 5.82 Å². The standard InChI is InChI=1S/C15H12FN3O2/c1-2-19-14-8-3-10(9-13(14)17-18-19)15(20)21-12-6-4-11(16)5-7-12/h3-9H,2H2,1H3. The number of aryl methyl sites for hydroxylation is 1. The molecule has 0 saturated carbocycles. The van der Waals surface area contributed by atoms with Gasteiger partial charge < -0.3 is 4.74 Å². The van der Waals surface area contributed by atoms with Crippen molar-refractivity contribution in [1.29, 1.82) is 0 Å². The first-order chi connectivity index (χ1) is 10.2. The van der Waals surface area contributed by atoms with Crippen LogP contribution in [0.1, 0.15) is 17.3 Å². The molecule has 106 valence electrons. The highest BCUT2D eigenvalue weighted by molar-refractivity contribution is 5.94. The lowest BCUT2D eigenvalue weighted by molar-refractivity contribution is 0.0734. The van der Waals surface area contributed by atoms with Crippen molar-refractivity contribution in [2.24, 2.45) is 0 Å². The van der Waals surface area contributed by atoms with Crippen molar-refractivity contribution in [1.82, 2.24) is 15.0 Å². The molecule has 2 aromatic carbocycles. The molecule has 3 aromatic rings. The van der Waals surface area contributed by atoms with E-state index in [1.54, 1.807) is 22.9 Å². The highest BCUT2D eigenvalue weighted by atomic mass is 19.1. The number of carbonyl (C=O) groups is 1. The zero-order valence-corrected chi connectivity index (χ0v) is 11.3. The van der Waals surface area contributed by atoms with Crippen molar-refractivity contribution in [2.75, 3.05) is 0 Å². The molecule has 5 nitrogen and oxygen atoms in total. The average molecular weight is 285 g/mol. The molecule has 1 heterocycles. The van der Waals surface area contributed by atoms with Crippen LogP contribution in [0.5, 0.6) is 5.75 Å². The Bertz CT molecular complexity index is 796. The molecular formula is C15H12FN3O2. The maximum Gasteiger partial charge on any atom is 0.343 e. The van der Waals surface area contributed by atoms with Gasteiger partial charge in [-0.1, -0.05) is 5.21 Å². The molecule has 0 bridgehead atoms. The Balaban J connectivity index is 1.85. The Morgan fingerprint density at radius 2 is 2.00 bits per heavy atom. The molecule has 0 atom stereocenters. The van der Waals surface area contributed by atoms with Gasteiger partial charge in [-0.2, -0.15) is 0 Å². The first-order valence-corrected chi connectivity index (χ1v) is 6.48. The van der Waals surface area contributed by atoms with Crippen LogP contribution in [-0.4, -0.2) is 21.0 Å². The second-order valence-corrected chi connectivity index (χ2v) is 4.45. The zero-order valence-electron chi connectivity index (χ0n) is 11.3. The van der Waals surface area contributed by atoms with E-state index in [1.165, 1.54) is 24.3 Å². The molecule has 0 aliphatic heterocycles. The van der Waals surface area contributed by atoms with E-state index in [0.29, 0.717) is 23.4 Å². The minimum Gasteiger partial charge on any atom is -0.423 e. The summed E-state index contributed by atoms with van der Waals surface area (Å²) in [5.74, 6) is -0.610. The third kappa shape index (κ3) is 2.60. The van der Waals surface area contributed by atoms with Crippen LogP contribution in [0.4, 0.5) is 4.39 Å². The minimum absolute atomic E-state index is 0.290. The van der Waals surface area contributed by atoms with Gasteiger partial charge in [-0.15, -0.1) is 5.10 Å². The van der Waals surface area contributed by atoms with E-state index in [4.69, 9.17) is 4.74 Å². The molecule has 0 fully saturated rings. The maximum absolute atomic E-state index is 12.8. The highest BCUT2D eigenvalue weighted by Gasteiger charge is 2.12. The third-order valence-corrected chi connectivity index (χ3v) is 3.07. The number of rotatable bonds is 3. The third-order valence-electron chi connectivity index (χ3n) is 3.07. The second-order valence-electron chi connectivity index (χ2n) is 4.45. The number of carbonyl (C=O) groups excluding carboxylic acids is 1. The molecule has 0 saturated heterocycles. The Hall–Kier alpha value is -2.76. The largest absolute Gasteiger partial charge is 0.423 e. The fourth-order valence-electron chi connectivity index (χ4n) is 2.00. The summed E-state index contributed by atoms with van der Waals surface area (Å²) < 4.78 is 19.7. The maximum atomic E-state index is 12.8. The normalized spacial score (nSPS) is 10.8. The van der Waals surface area contributed by atoms with E-state index >= 15 is 0 Å².